The zero-order valence-electron chi connectivity index (χ0n) is 10.9. The summed E-state index contributed by atoms with van der Waals surface area (Å²) < 4.78 is 6.00. The second-order valence-corrected chi connectivity index (χ2v) is 5.09. The molecule has 0 saturated carbocycles. The predicted molar refractivity (Wildman–Crippen MR) is 80.7 cm³/mol. The summed E-state index contributed by atoms with van der Waals surface area (Å²) in [5.41, 5.74) is 0.902. The van der Waals surface area contributed by atoms with E-state index < -0.39 is 5.97 Å². The minimum absolute atomic E-state index is 0.136. The van der Waals surface area contributed by atoms with E-state index in [1.807, 2.05) is 24.3 Å². The summed E-state index contributed by atoms with van der Waals surface area (Å²) in [5.74, 6) is -1.18. The van der Waals surface area contributed by atoms with Crippen LogP contribution in [-0.2, 0) is 11.3 Å². The number of benzene rings is 1. The molecule has 2 N–H and O–H groups in total. The Hall–Kier alpha value is -2.34. The van der Waals surface area contributed by atoms with Crippen molar-refractivity contribution in [3.63, 3.8) is 0 Å². The van der Waals surface area contributed by atoms with Gasteiger partial charge in [0.05, 0.1) is 6.54 Å². The fraction of sp³-hybridized carbons (Fsp3) is 0.0667. The zero-order chi connectivity index (χ0) is 15.2. The number of carbonyl (C=O) groups is 2. The Morgan fingerprint density at radius 1 is 1.19 bits per heavy atom. The van der Waals surface area contributed by atoms with Crippen LogP contribution in [0.4, 0.5) is 0 Å². The van der Waals surface area contributed by atoms with Crippen molar-refractivity contribution in [3.05, 3.63) is 64.0 Å². The van der Waals surface area contributed by atoms with Crippen LogP contribution in [0, 0.1) is 0 Å². The molecule has 6 heteroatoms. The summed E-state index contributed by atoms with van der Waals surface area (Å²) in [7, 11) is 0. The van der Waals surface area contributed by atoms with Gasteiger partial charge < -0.3 is 14.8 Å². The quantitative estimate of drug-likeness (QED) is 0.813. The Kier molecular flexibility index (Phi) is 4.94. The zero-order valence-corrected chi connectivity index (χ0v) is 12.5. The third kappa shape index (κ3) is 4.61. The number of nitrogens with one attached hydrogen (secondary N) is 1. The average molecular weight is 350 g/mol. The van der Waals surface area contributed by atoms with Crippen molar-refractivity contribution in [1.29, 1.82) is 0 Å². The molecular formula is C15H12BrNO4. The molecule has 0 radical (unpaired) electrons. The lowest BCUT2D eigenvalue weighted by molar-refractivity contribution is -0.116. The second-order valence-electron chi connectivity index (χ2n) is 4.17. The van der Waals surface area contributed by atoms with Gasteiger partial charge in [0.2, 0.25) is 11.7 Å². The van der Waals surface area contributed by atoms with Gasteiger partial charge in [-0.2, -0.15) is 0 Å². The SMILES string of the molecule is O=C(/C=C/c1ccc(Br)cc1)NCc1ccc(C(=O)O)o1. The van der Waals surface area contributed by atoms with Gasteiger partial charge in [-0.1, -0.05) is 28.1 Å². The van der Waals surface area contributed by atoms with Gasteiger partial charge in [0.15, 0.2) is 0 Å². The first kappa shape index (κ1) is 15.1. The molecule has 0 aliphatic rings. The van der Waals surface area contributed by atoms with E-state index >= 15 is 0 Å². The van der Waals surface area contributed by atoms with Crippen molar-refractivity contribution in [2.24, 2.45) is 0 Å². The first-order valence-corrected chi connectivity index (χ1v) is 6.87. The fourth-order valence-electron chi connectivity index (χ4n) is 1.57. The number of hydrogen-bond acceptors (Lipinski definition) is 3. The van der Waals surface area contributed by atoms with E-state index in [1.54, 1.807) is 6.08 Å². The van der Waals surface area contributed by atoms with Crippen molar-refractivity contribution in [2.75, 3.05) is 0 Å². The lowest BCUT2D eigenvalue weighted by Gasteiger charge is -1.99. The molecule has 1 heterocycles. The number of hydrogen-bond donors (Lipinski definition) is 2. The van der Waals surface area contributed by atoms with Gasteiger partial charge in [-0.3, -0.25) is 4.79 Å². The summed E-state index contributed by atoms with van der Waals surface area (Å²) in [4.78, 5) is 22.3. The minimum atomic E-state index is -1.14. The molecule has 0 aliphatic heterocycles. The molecule has 2 aromatic rings. The molecule has 5 nitrogen and oxygen atoms in total. The highest BCUT2D eigenvalue weighted by atomic mass is 79.9. The third-order valence-electron chi connectivity index (χ3n) is 2.61. The molecule has 0 aliphatic carbocycles. The number of carbonyl (C=O) groups excluding carboxylic acids is 1. The lowest BCUT2D eigenvalue weighted by atomic mass is 10.2. The van der Waals surface area contributed by atoms with Gasteiger partial charge in [-0.05, 0) is 35.9 Å². The van der Waals surface area contributed by atoms with Gasteiger partial charge in [0, 0.05) is 10.5 Å². The van der Waals surface area contributed by atoms with E-state index in [4.69, 9.17) is 9.52 Å². The van der Waals surface area contributed by atoms with Crippen molar-refractivity contribution in [1.82, 2.24) is 5.32 Å². The largest absolute Gasteiger partial charge is 0.475 e. The Morgan fingerprint density at radius 2 is 1.90 bits per heavy atom. The van der Waals surface area contributed by atoms with E-state index in [0.717, 1.165) is 10.0 Å². The summed E-state index contributed by atoms with van der Waals surface area (Å²) in [6, 6.07) is 10.4. The minimum Gasteiger partial charge on any atom is -0.475 e. The number of amides is 1. The summed E-state index contributed by atoms with van der Waals surface area (Å²) in [6.07, 6.45) is 3.09. The maximum atomic E-state index is 11.6. The van der Waals surface area contributed by atoms with Crippen molar-refractivity contribution in [2.45, 2.75) is 6.54 Å². The second kappa shape index (κ2) is 6.90. The molecule has 0 spiro atoms. The van der Waals surface area contributed by atoms with Gasteiger partial charge >= 0.3 is 5.97 Å². The van der Waals surface area contributed by atoms with Gasteiger partial charge in [0.25, 0.3) is 0 Å². The van der Waals surface area contributed by atoms with Crippen molar-refractivity contribution < 1.29 is 19.1 Å². The van der Waals surface area contributed by atoms with E-state index in [0.29, 0.717) is 5.76 Å². The molecule has 1 amide bonds. The smallest absolute Gasteiger partial charge is 0.371 e. The summed E-state index contributed by atoms with van der Waals surface area (Å²) in [5, 5.41) is 11.3. The highest BCUT2D eigenvalue weighted by molar-refractivity contribution is 9.10. The van der Waals surface area contributed by atoms with Crippen LogP contribution in [0.25, 0.3) is 6.08 Å². The van der Waals surface area contributed by atoms with Gasteiger partial charge in [-0.25, -0.2) is 4.79 Å². The predicted octanol–water partition coefficient (Wildman–Crippen LogP) is 3.07. The normalized spacial score (nSPS) is 10.7. The van der Waals surface area contributed by atoms with Crippen LogP contribution >= 0.6 is 15.9 Å². The molecule has 0 atom stereocenters. The molecule has 1 aromatic heterocycles. The van der Waals surface area contributed by atoms with Crippen LogP contribution in [0.2, 0.25) is 0 Å². The van der Waals surface area contributed by atoms with Crippen LogP contribution in [0.1, 0.15) is 21.9 Å². The van der Waals surface area contributed by atoms with Crippen molar-refractivity contribution in [3.8, 4) is 0 Å². The molecule has 2 rings (SSSR count). The maximum absolute atomic E-state index is 11.6. The highest BCUT2D eigenvalue weighted by Gasteiger charge is 2.08. The summed E-state index contributed by atoms with van der Waals surface area (Å²) >= 11 is 3.33. The molecule has 0 saturated heterocycles. The number of furan rings is 1. The fourth-order valence-corrected chi connectivity index (χ4v) is 1.83. The Labute approximate surface area is 129 Å². The number of carboxylic acids is 1. The molecule has 0 bridgehead atoms. The molecular weight excluding hydrogens is 338 g/mol. The number of carboxylic acid groups (broad SMARTS) is 1. The standard InChI is InChI=1S/C15H12BrNO4/c16-11-4-1-10(2-5-11)3-8-14(18)17-9-12-6-7-13(21-12)15(19)20/h1-8H,9H2,(H,17,18)(H,19,20)/b8-3+. The van der Waals surface area contributed by atoms with Crippen LogP contribution in [0.5, 0.6) is 0 Å². The molecule has 0 unspecified atom stereocenters. The first-order valence-electron chi connectivity index (χ1n) is 6.08. The number of rotatable bonds is 5. The molecule has 0 fully saturated rings. The Morgan fingerprint density at radius 3 is 2.52 bits per heavy atom. The number of halogens is 1. The maximum Gasteiger partial charge on any atom is 0.371 e. The third-order valence-corrected chi connectivity index (χ3v) is 3.14. The van der Waals surface area contributed by atoms with Crippen LogP contribution < -0.4 is 5.32 Å². The van der Waals surface area contributed by atoms with E-state index in [2.05, 4.69) is 21.2 Å². The average Bonchev–Trinajstić information content (AvgIpc) is 2.93. The summed E-state index contributed by atoms with van der Waals surface area (Å²) in [6.45, 7) is 0.136. The Balaban J connectivity index is 1.86. The van der Waals surface area contributed by atoms with Gasteiger partial charge in [-0.15, -0.1) is 0 Å². The van der Waals surface area contributed by atoms with Crippen LogP contribution in [-0.4, -0.2) is 17.0 Å². The molecule has 108 valence electrons. The van der Waals surface area contributed by atoms with E-state index in [1.165, 1.54) is 18.2 Å². The monoisotopic (exact) mass is 349 g/mol. The van der Waals surface area contributed by atoms with Crippen LogP contribution in [0.15, 0.2) is 51.4 Å². The molecule has 21 heavy (non-hydrogen) atoms. The van der Waals surface area contributed by atoms with Gasteiger partial charge in [0.1, 0.15) is 5.76 Å². The topological polar surface area (TPSA) is 79.5 Å². The molecule has 1 aromatic carbocycles. The highest BCUT2D eigenvalue weighted by Crippen LogP contribution is 2.11. The lowest BCUT2D eigenvalue weighted by Crippen LogP contribution is -2.19. The number of aromatic carboxylic acids is 1. The van der Waals surface area contributed by atoms with Crippen molar-refractivity contribution >= 4 is 33.9 Å². The van der Waals surface area contributed by atoms with Crippen LogP contribution in [0.3, 0.4) is 0 Å². The first-order chi connectivity index (χ1) is 10.0. The van der Waals surface area contributed by atoms with E-state index in [9.17, 15) is 9.59 Å². The Bertz CT molecular complexity index is 673. The van der Waals surface area contributed by atoms with E-state index in [-0.39, 0.29) is 18.2 Å².